The smallest absolute Gasteiger partial charge is 0.251 e. The van der Waals surface area contributed by atoms with Gasteiger partial charge in [-0.05, 0) is 35.7 Å². The van der Waals surface area contributed by atoms with Crippen molar-refractivity contribution in [2.45, 2.75) is 24.7 Å². The van der Waals surface area contributed by atoms with Crippen molar-refractivity contribution in [1.82, 2.24) is 10.0 Å². The largest absolute Gasteiger partial charge is 0.351 e. The maximum absolute atomic E-state index is 12.2. The Morgan fingerprint density at radius 3 is 2.25 bits per heavy atom. The summed E-state index contributed by atoms with van der Waals surface area (Å²) >= 11 is 0. The van der Waals surface area contributed by atoms with Gasteiger partial charge in [0.05, 0.1) is 4.90 Å². The van der Waals surface area contributed by atoms with Gasteiger partial charge in [-0.2, -0.15) is 0 Å². The minimum Gasteiger partial charge on any atom is -0.351 e. The Bertz CT molecular complexity index is 772. The van der Waals surface area contributed by atoms with E-state index in [2.05, 4.69) is 10.0 Å². The summed E-state index contributed by atoms with van der Waals surface area (Å²) in [4.78, 5) is 12.3. The molecule has 2 aromatic carbocycles. The standard InChI is InChI=1S/C18H22N2O3S/c1-3-20-24(22,23)17-11-9-16(10-12-17)18(21)19-13-14(2)15-7-5-4-6-8-15/h4-12,14,20H,3,13H2,1-2H3,(H,19,21)/t14-/m1/s1. The molecule has 1 amide bonds. The topological polar surface area (TPSA) is 75.3 Å². The van der Waals surface area contributed by atoms with Crippen LogP contribution in [0.2, 0.25) is 0 Å². The fourth-order valence-corrected chi connectivity index (χ4v) is 3.35. The van der Waals surface area contributed by atoms with Crippen LogP contribution in [0.25, 0.3) is 0 Å². The Labute approximate surface area is 143 Å². The Kier molecular flexibility index (Phi) is 6.11. The Morgan fingerprint density at radius 2 is 1.67 bits per heavy atom. The molecule has 0 aromatic heterocycles. The highest BCUT2D eigenvalue weighted by Crippen LogP contribution is 2.14. The maximum atomic E-state index is 12.2. The van der Waals surface area contributed by atoms with Crippen LogP contribution in [0.1, 0.15) is 35.7 Å². The lowest BCUT2D eigenvalue weighted by Crippen LogP contribution is -2.27. The number of benzene rings is 2. The quantitative estimate of drug-likeness (QED) is 0.809. The molecule has 0 radical (unpaired) electrons. The van der Waals surface area contributed by atoms with Gasteiger partial charge in [0.15, 0.2) is 0 Å². The number of carbonyl (C=O) groups is 1. The highest BCUT2D eigenvalue weighted by Gasteiger charge is 2.14. The molecule has 0 aliphatic carbocycles. The van der Waals surface area contributed by atoms with Crippen molar-refractivity contribution in [3.63, 3.8) is 0 Å². The van der Waals surface area contributed by atoms with Gasteiger partial charge in [0.1, 0.15) is 0 Å². The fourth-order valence-electron chi connectivity index (χ4n) is 2.31. The minimum atomic E-state index is -3.50. The predicted molar refractivity (Wildman–Crippen MR) is 94.5 cm³/mol. The van der Waals surface area contributed by atoms with E-state index in [0.717, 1.165) is 5.56 Å². The van der Waals surface area contributed by atoms with Crippen LogP contribution in [-0.4, -0.2) is 27.4 Å². The van der Waals surface area contributed by atoms with Crippen LogP contribution < -0.4 is 10.0 Å². The van der Waals surface area contributed by atoms with E-state index in [1.165, 1.54) is 24.3 Å². The lowest BCUT2D eigenvalue weighted by molar-refractivity contribution is 0.0951. The number of rotatable bonds is 7. The molecular formula is C18H22N2O3S. The van der Waals surface area contributed by atoms with Crippen molar-refractivity contribution >= 4 is 15.9 Å². The highest BCUT2D eigenvalue weighted by atomic mass is 32.2. The number of hydrogen-bond donors (Lipinski definition) is 2. The van der Waals surface area contributed by atoms with Crippen molar-refractivity contribution in [3.8, 4) is 0 Å². The van der Waals surface area contributed by atoms with E-state index in [9.17, 15) is 13.2 Å². The molecule has 6 heteroatoms. The van der Waals surface area contributed by atoms with Gasteiger partial charge in [0, 0.05) is 18.7 Å². The molecule has 1 atom stereocenters. The summed E-state index contributed by atoms with van der Waals surface area (Å²) in [5, 5.41) is 2.88. The molecule has 0 heterocycles. The van der Waals surface area contributed by atoms with Crippen molar-refractivity contribution in [3.05, 3.63) is 65.7 Å². The van der Waals surface area contributed by atoms with E-state index >= 15 is 0 Å². The number of carbonyl (C=O) groups excluding carboxylic acids is 1. The first kappa shape index (κ1) is 18.2. The molecule has 0 aliphatic rings. The average Bonchev–Trinajstić information content (AvgIpc) is 2.60. The lowest BCUT2D eigenvalue weighted by atomic mass is 10.0. The van der Waals surface area contributed by atoms with Gasteiger partial charge in [-0.1, -0.05) is 44.2 Å². The summed E-state index contributed by atoms with van der Waals surface area (Å²) in [5.74, 6) is -0.0197. The van der Waals surface area contributed by atoms with Gasteiger partial charge >= 0.3 is 0 Å². The van der Waals surface area contributed by atoms with Gasteiger partial charge in [-0.3, -0.25) is 4.79 Å². The SMILES string of the molecule is CCNS(=O)(=O)c1ccc(C(=O)NC[C@@H](C)c2ccccc2)cc1. The summed E-state index contributed by atoms with van der Waals surface area (Å²) in [7, 11) is -3.50. The number of sulfonamides is 1. The van der Waals surface area contributed by atoms with Crippen LogP contribution in [0.5, 0.6) is 0 Å². The Hall–Kier alpha value is -2.18. The minimum absolute atomic E-state index is 0.151. The molecule has 5 nitrogen and oxygen atoms in total. The Morgan fingerprint density at radius 1 is 1.04 bits per heavy atom. The number of nitrogens with one attached hydrogen (secondary N) is 2. The van der Waals surface area contributed by atoms with Gasteiger partial charge in [-0.25, -0.2) is 13.1 Å². The van der Waals surface area contributed by atoms with E-state index in [1.807, 2.05) is 37.3 Å². The normalized spacial score (nSPS) is 12.6. The number of amides is 1. The molecule has 2 N–H and O–H groups in total. The molecule has 0 unspecified atom stereocenters. The Balaban J connectivity index is 1.98. The van der Waals surface area contributed by atoms with Crippen molar-refractivity contribution < 1.29 is 13.2 Å². The fraction of sp³-hybridized carbons (Fsp3) is 0.278. The summed E-state index contributed by atoms with van der Waals surface area (Å²) in [6.45, 7) is 4.59. The van der Waals surface area contributed by atoms with Crippen molar-refractivity contribution in [2.75, 3.05) is 13.1 Å². The molecule has 0 spiro atoms. The van der Waals surface area contributed by atoms with Crippen LogP contribution in [-0.2, 0) is 10.0 Å². The third-order valence-electron chi connectivity index (χ3n) is 3.70. The molecule has 0 fully saturated rings. The van der Waals surface area contributed by atoms with E-state index < -0.39 is 10.0 Å². The molecule has 2 aromatic rings. The van der Waals surface area contributed by atoms with Gasteiger partial charge in [-0.15, -0.1) is 0 Å². The first-order valence-corrected chi connectivity index (χ1v) is 9.35. The van der Waals surface area contributed by atoms with Crippen LogP contribution in [0.3, 0.4) is 0 Å². The van der Waals surface area contributed by atoms with Crippen molar-refractivity contribution in [1.29, 1.82) is 0 Å². The second-order valence-corrected chi connectivity index (χ2v) is 7.31. The zero-order valence-corrected chi connectivity index (χ0v) is 14.6. The van der Waals surface area contributed by atoms with Crippen LogP contribution >= 0.6 is 0 Å². The molecule has 0 saturated heterocycles. The van der Waals surface area contributed by atoms with E-state index in [1.54, 1.807) is 6.92 Å². The van der Waals surface area contributed by atoms with Crippen LogP contribution in [0.4, 0.5) is 0 Å². The van der Waals surface area contributed by atoms with E-state index in [-0.39, 0.29) is 16.7 Å². The molecule has 24 heavy (non-hydrogen) atoms. The molecular weight excluding hydrogens is 324 g/mol. The molecule has 2 rings (SSSR count). The monoisotopic (exact) mass is 346 g/mol. The summed E-state index contributed by atoms with van der Waals surface area (Å²) in [6, 6.07) is 15.9. The highest BCUT2D eigenvalue weighted by molar-refractivity contribution is 7.89. The van der Waals surface area contributed by atoms with Crippen LogP contribution in [0.15, 0.2) is 59.5 Å². The predicted octanol–water partition coefficient (Wildman–Crippen LogP) is 2.52. The summed E-state index contributed by atoms with van der Waals surface area (Å²) in [5.41, 5.74) is 1.59. The van der Waals surface area contributed by atoms with E-state index in [4.69, 9.17) is 0 Å². The second-order valence-electron chi connectivity index (χ2n) is 5.55. The molecule has 0 bridgehead atoms. The van der Waals surface area contributed by atoms with Gasteiger partial charge in [0.2, 0.25) is 10.0 Å². The summed E-state index contributed by atoms with van der Waals surface area (Å²) < 4.78 is 26.2. The molecule has 0 saturated carbocycles. The molecule has 128 valence electrons. The van der Waals surface area contributed by atoms with Gasteiger partial charge in [0.25, 0.3) is 5.91 Å². The maximum Gasteiger partial charge on any atom is 0.251 e. The van der Waals surface area contributed by atoms with E-state index in [0.29, 0.717) is 18.7 Å². The van der Waals surface area contributed by atoms with Gasteiger partial charge < -0.3 is 5.32 Å². The number of hydrogen-bond acceptors (Lipinski definition) is 3. The average molecular weight is 346 g/mol. The summed E-state index contributed by atoms with van der Waals surface area (Å²) in [6.07, 6.45) is 0. The van der Waals surface area contributed by atoms with Crippen LogP contribution in [0, 0.1) is 0 Å². The zero-order chi connectivity index (χ0) is 17.6. The zero-order valence-electron chi connectivity index (χ0n) is 13.8. The third kappa shape index (κ3) is 4.66. The third-order valence-corrected chi connectivity index (χ3v) is 5.26. The first-order chi connectivity index (χ1) is 11.4. The molecule has 0 aliphatic heterocycles. The second kappa shape index (κ2) is 8.08. The van der Waals surface area contributed by atoms with Crippen molar-refractivity contribution in [2.24, 2.45) is 0 Å². The lowest BCUT2D eigenvalue weighted by Gasteiger charge is -2.13. The first-order valence-electron chi connectivity index (χ1n) is 7.87.